The van der Waals surface area contributed by atoms with E-state index in [1.54, 1.807) is 0 Å². The molecule has 0 bridgehead atoms. The molecule has 76 valence electrons. The Morgan fingerprint density at radius 3 is 2.58 bits per heavy atom. The van der Waals surface area contributed by atoms with Crippen LogP contribution in [0.15, 0.2) is 0 Å². The Morgan fingerprint density at radius 2 is 1.92 bits per heavy atom. The van der Waals surface area contributed by atoms with Gasteiger partial charge in [0.25, 0.3) is 0 Å². The van der Waals surface area contributed by atoms with Crippen LogP contribution in [0.2, 0.25) is 0 Å². The van der Waals surface area contributed by atoms with E-state index in [1.165, 1.54) is 0 Å². The zero-order valence-corrected chi connectivity index (χ0v) is 8.72. The molecule has 1 N–H and O–H groups in total. The smallest absolute Gasteiger partial charge is 0.102 e. The lowest BCUT2D eigenvalue weighted by Gasteiger charge is -2.16. The predicted molar refractivity (Wildman–Crippen MR) is 54.4 cm³/mol. The van der Waals surface area contributed by atoms with Crippen molar-refractivity contribution >= 4 is 24.8 Å². The molecule has 0 aliphatic carbocycles. The van der Waals surface area contributed by atoms with Crippen molar-refractivity contribution in [3.8, 4) is 0 Å². The van der Waals surface area contributed by atoms with E-state index in [-0.39, 0.29) is 31.5 Å². The number of hydrogen-bond donors (Lipinski definition) is 1. The number of hydrogen-bond acceptors (Lipinski definition) is 2. The van der Waals surface area contributed by atoms with Gasteiger partial charge >= 0.3 is 0 Å². The van der Waals surface area contributed by atoms with Crippen molar-refractivity contribution in [3.63, 3.8) is 0 Å². The molecule has 0 spiro atoms. The number of alkyl halides is 1. The van der Waals surface area contributed by atoms with Gasteiger partial charge in [-0.05, 0) is 19.5 Å². The van der Waals surface area contributed by atoms with Crippen LogP contribution in [0.25, 0.3) is 0 Å². The molecule has 1 heterocycles. The van der Waals surface area contributed by atoms with Gasteiger partial charge in [-0.1, -0.05) is 0 Å². The van der Waals surface area contributed by atoms with Gasteiger partial charge in [0.15, 0.2) is 0 Å². The average Bonchev–Trinajstić information content (AvgIpc) is 2.17. The van der Waals surface area contributed by atoms with E-state index in [1.807, 2.05) is 0 Å². The van der Waals surface area contributed by atoms with Crippen LogP contribution in [0.4, 0.5) is 4.39 Å². The Hall–Kier alpha value is 0.430. The number of halogens is 3. The number of rotatable bonds is 2. The highest BCUT2D eigenvalue weighted by Crippen LogP contribution is 1.93. The van der Waals surface area contributed by atoms with E-state index in [0.717, 1.165) is 32.6 Å². The van der Waals surface area contributed by atoms with Gasteiger partial charge in [0, 0.05) is 19.6 Å². The minimum Gasteiger partial charge on any atom is -0.315 e. The lowest BCUT2D eigenvalue weighted by Crippen LogP contribution is -2.29. The van der Waals surface area contributed by atoms with Crippen LogP contribution in [-0.4, -0.2) is 44.3 Å². The molecule has 0 saturated carbocycles. The molecule has 0 aromatic carbocycles. The van der Waals surface area contributed by atoms with E-state index >= 15 is 0 Å². The second-order valence-corrected chi connectivity index (χ2v) is 2.63. The molecule has 12 heavy (non-hydrogen) atoms. The van der Waals surface area contributed by atoms with Crippen LogP contribution in [0, 0.1) is 0 Å². The van der Waals surface area contributed by atoms with Gasteiger partial charge < -0.3 is 5.32 Å². The fourth-order valence-corrected chi connectivity index (χ4v) is 1.24. The molecule has 0 radical (unpaired) electrons. The second kappa shape index (κ2) is 9.52. The molecule has 1 rings (SSSR count). The highest BCUT2D eigenvalue weighted by Gasteiger charge is 2.06. The minimum absolute atomic E-state index is 0. The highest BCUT2D eigenvalue weighted by molar-refractivity contribution is 5.85. The summed E-state index contributed by atoms with van der Waals surface area (Å²) in [7, 11) is 0. The SMILES string of the molecule is Cl.Cl.FCCN1CCCNCC1. The van der Waals surface area contributed by atoms with Gasteiger partial charge in [-0.3, -0.25) is 4.90 Å². The molecule has 5 heteroatoms. The summed E-state index contributed by atoms with van der Waals surface area (Å²) in [6.45, 7) is 4.56. The van der Waals surface area contributed by atoms with Gasteiger partial charge in [-0.25, -0.2) is 4.39 Å². The summed E-state index contributed by atoms with van der Waals surface area (Å²) in [5, 5.41) is 3.27. The molecule has 0 unspecified atom stereocenters. The first-order valence-electron chi connectivity index (χ1n) is 3.92. The fourth-order valence-electron chi connectivity index (χ4n) is 1.24. The largest absolute Gasteiger partial charge is 0.315 e. The average molecular weight is 219 g/mol. The van der Waals surface area contributed by atoms with Crippen molar-refractivity contribution in [2.45, 2.75) is 6.42 Å². The summed E-state index contributed by atoms with van der Waals surface area (Å²) in [4.78, 5) is 2.17. The third-order valence-electron chi connectivity index (χ3n) is 1.83. The Balaban J connectivity index is 0. The Bertz CT molecular complexity index is 87.5. The van der Waals surface area contributed by atoms with Crippen molar-refractivity contribution in [2.24, 2.45) is 0 Å². The summed E-state index contributed by atoms with van der Waals surface area (Å²) < 4.78 is 11.8. The summed E-state index contributed by atoms with van der Waals surface area (Å²) in [6, 6.07) is 0. The summed E-state index contributed by atoms with van der Waals surface area (Å²) in [5.41, 5.74) is 0. The monoisotopic (exact) mass is 218 g/mol. The van der Waals surface area contributed by atoms with Gasteiger partial charge in [-0.2, -0.15) is 0 Å². The van der Waals surface area contributed by atoms with Crippen molar-refractivity contribution in [1.82, 2.24) is 10.2 Å². The van der Waals surface area contributed by atoms with E-state index in [0.29, 0.717) is 6.54 Å². The molecule has 1 aliphatic heterocycles. The maximum atomic E-state index is 11.8. The maximum Gasteiger partial charge on any atom is 0.102 e. The van der Waals surface area contributed by atoms with E-state index in [9.17, 15) is 4.39 Å². The Labute approximate surface area is 85.7 Å². The third-order valence-corrected chi connectivity index (χ3v) is 1.83. The van der Waals surface area contributed by atoms with E-state index in [4.69, 9.17) is 0 Å². The molecule has 0 aromatic rings. The zero-order chi connectivity index (χ0) is 7.23. The quantitative estimate of drug-likeness (QED) is 0.748. The first-order valence-corrected chi connectivity index (χ1v) is 3.92. The Kier molecular flexibility index (Phi) is 11.8. The minimum atomic E-state index is -0.208. The first-order chi connectivity index (χ1) is 4.93. The van der Waals surface area contributed by atoms with Crippen molar-refractivity contribution in [3.05, 3.63) is 0 Å². The first kappa shape index (κ1) is 14.9. The van der Waals surface area contributed by atoms with Crippen LogP contribution in [0.5, 0.6) is 0 Å². The molecular formula is C7H17Cl2FN2. The fraction of sp³-hybridized carbons (Fsp3) is 1.00. The van der Waals surface area contributed by atoms with Crippen LogP contribution >= 0.6 is 24.8 Å². The topological polar surface area (TPSA) is 15.3 Å². The molecule has 0 aromatic heterocycles. The molecule has 1 saturated heterocycles. The summed E-state index contributed by atoms with van der Waals surface area (Å²) in [6.07, 6.45) is 1.15. The van der Waals surface area contributed by atoms with Crippen molar-refractivity contribution in [1.29, 1.82) is 0 Å². The highest BCUT2D eigenvalue weighted by atomic mass is 35.5. The molecule has 0 atom stereocenters. The number of nitrogens with zero attached hydrogens (tertiary/aromatic N) is 1. The lowest BCUT2D eigenvalue weighted by molar-refractivity contribution is 0.263. The molecule has 1 aliphatic rings. The van der Waals surface area contributed by atoms with E-state index in [2.05, 4.69) is 10.2 Å². The summed E-state index contributed by atoms with van der Waals surface area (Å²) in [5.74, 6) is 0. The standard InChI is InChI=1S/C7H15FN2.2ClH/c8-2-6-10-5-1-3-9-4-7-10;;/h9H,1-7H2;2*1H. The summed E-state index contributed by atoms with van der Waals surface area (Å²) >= 11 is 0. The second-order valence-electron chi connectivity index (χ2n) is 2.63. The zero-order valence-electron chi connectivity index (χ0n) is 7.09. The predicted octanol–water partition coefficient (Wildman–Crippen LogP) is 1.09. The van der Waals surface area contributed by atoms with Gasteiger partial charge in [0.05, 0.1) is 0 Å². The third kappa shape index (κ3) is 6.00. The van der Waals surface area contributed by atoms with Crippen molar-refractivity contribution in [2.75, 3.05) is 39.4 Å². The molecule has 2 nitrogen and oxygen atoms in total. The van der Waals surface area contributed by atoms with Crippen LogP contribution < -0.4 is 5.32 Å². The van der Waals surface area contributed by atoms with Crippen LogP contribution in [0.1, 0.15) is 6.42 Å². The van der Waals surface area contributed by atoms with Gasteiger partial charge in [0.2, 0.25) is 0 Å². The van der Waals surface area contributed by atoms with Crippen LogP contribution in [0.3, 0.4) is 0 Å². The molecular weight excluding hydrogens is 202 g/mol. The van der Waals surface area contributed by atoms with E-state index < -0.39 is 0 Å². The van der Waals surface area contributed by atoms with Gasteiger partial charge in [-0.15, -0.1) is 24.8 Å². The lowest BCUT2D eigenvalue weighted by atomic mass is 10.4. The maximum absolute atomic E-state index is 11.8. The molecule has 1 fully saturated rings. The van der Waals surface area contributed by atoms with Gasteiger partial charge in [0.1, 0.15) is 6.67 Å². The molecule has 0 amide bonds. The number of nitrogens with one attached hydrogen (secondary N) is 1. The van der Waals surface area contributed by atoms with Crippen LogP contribution in [-0.2, 0) is 0 Å². The normalized spacial score (nSPS) is 18.8. The van der Waals surface area contributed by atoms with Crippen molar-refractivity contribution < 1.29 is 4.39 Å². The Morgan fingerprint density at radius 1 is 1.17 bits per heavy atom.